The van der Waals surface area contributed by atoms with Crippen LogP contribution in [0.3, 0.4) is 0 Å². The van der Waals surface area contributed by atoms with Gasteiger partial charge in [-0.05, 0) is 49.8 Å². The van der Waals surface area contributed by atoms with Crippen LogP contribution in [0.2, 0.25) is 0 Å². The number of benzene rings is 1. The molecule has 1 aromatic rings. The lowest BCUT2D eigenvalue weighted by atomic mass is 9.83. The molecule has 1 aliphatic carbocycles. The molecular formula is C21H26N2O4. The van der Waals surface area contributed by atoms with Gasteiger partial charge >= 0.3 is 0 Å². The van der Waals surface area contributed by atoms with Gasteiger partial charge in [-0.15, -0.1) is 6.42 Å². The predicted octanol–water partition coefficient (Wildman–Crippen LogP) is 2.19. The Labute approximate surface area is 160 Å². The van der Waals surface area contributed by atoms with E-state index >= 15 is 0 Å². The standard InChI is InChI=1S/C21H26N2O4/c1-4-12-22-19(24)18-14-27-21(10-8-15(2)9-11-21)23(18)20(25)16-6-5-7-17(13-16)26-3/h1,5-7,13,15,18H,8-12,14H2,2-3H3,(H,22,24). The van der Waals surface area contributed by atoms with Gasteiger partial charge in [0.25, 0.3) is 5.91 Å². The molecule has 144 valence electrons. The first kappa shape index (κ1) is 19.2. The maximum absolute atomic E-state index is 13.4. The van der Waals surface area contributed by atoms with Gasteiger partial charge in [-0.1, -0.05) is 18.9 Å². The molecule has 6 heteroatoms. The van der Waals surface area contributed by atoms with Crippen LogP contribution in [0.15, 0.2) is 24.3 Å². The smallest absolute Gasteiger partial charge is 0.257 e. The van der Waals surface area contributed by atoms with Crippen LogP contribution in [-0.4, -0.2) is 48.7 Å². The minimum absolute atomic E-state index is 0.126. The lowest BCUT2D eigenvalue weighted by Gasteiger charge is -2.43. The largest absolute Gasteiger partial charge is 0.497 e. The van der Waals surface area contributed by atoms with Crippen molar-refractivity contribution in [1.29, 1.82) is 0 Å². The normalized spacial score (nSPS) is 27.2. The summed E-state index contributed by atoms with van der Waals surface area (Å²) >= 11 is 0. The number of terminal acetylenes is 1. The molecule has 1 aliphatic heterocycles. The van der Waals surface area contributed by atoms with E-state index in [2.05, 4.69) is 18.2 Å². The number of nitrogens with one attached hydrogen (secondary N) is 1. The monoisotopic (exact) mass is 370 g/mol. The van der Waals surface area contributed by atoms with Crippen LogP contribution in [0.25, 0.3) is 0 Å². The molecule has 1 atom stereocenters. The molecule has 0 aromatic heterocycles. The van der Waals surface area contributed by atoms with Crippen LogP contribution in [0.4, 0.5) is 0 Å². The molecule has 1 aromatic carbocycles. The van der Waals surface area contributed by atoms with E-state index in [9.17, 15) is 9.59 Å². The fourth-order valence-electron chi connectivity index (χ4n) is 3.93. The fraction of sp³-hybridized carbons (Fsp3) is 0.524. The van der Waals surface area contributed by atoms with Crippen molar-refractivity contribution in [2.24, 2.45) is 5.92 Å². The lowest BCUT2D eigenvalue weighted by Crippen LogP contribution is -2.56. The van der Waals surface area contributed by atoms with Crippen LogP contribution >= 0.6 is 0 Å². The zero-order chi connectivity index (χ0) is 19.4. The molecule has 6 nitrogen and oxygen atoms in total. The van der Waals surface area contributed by atoms with E-state index in [1.54, 1.807) is 36.3 Å². The minimum atomic E-state index is -0.731. The molecule has 0 radical (unpaired) electrons. The number of amides is 2. The number of ether oxygens (including phenoxy) is 2. The van der Waals surface area contributed by atoms with Crippen molar-refractivity contribution < 1.29 is 19.1 Å². The van der Waals surface area contributed by atoms with Gasteiger partial charge in [-0.25, -0.2) is 0 Å². The van der Waals surface area contributed by atoms with Crippen LogP contribution in [0, 0.1) is 18.3 Å². The van der Waals surface area contributed by atoms with Crippen molar-refractivity contribution in [2.45, 2.75) is 44.4 Å². The van der Waals surface area contributed by atoms with Crippen molar-refractivity contribution >= 4 is 11.8 Å². The molecule has 1 unspecified atom stereocenters. The molecule has 2 fully saturated rings. The van der Waals surface area contributed by atoms with Crippen molar-refractivity contribution in [2.75, 3.05) is 20.3 Å². The molecule has 1 saturated carbocycles. The summed E-state index contributed by atoms with van der Waals surface area (Å²) in [5.41, 5.74) is -0.252. The number of carbonyl (C=O) groups is 2. The van der Waals surface area contributed by atoms with E-state index in [0.29, 0.717) is 17.2 Å². The van der Waals surface area contributed by atoms with Gasteiger partial charge < -0.3 is 14.8 Å². The second-order valence-corrected chi connectivity index (χ2v) is 7.28. The Morgan fingerprint density at radius 2 is 2.15 bits per heavy atom. The topological polar surface area (TPSA) is 67.9 Å². The van der Waals surface area contributed by atoms with Crippen molar-refractivity contribution in [3.63, 3.8) is 0 Å². The van der Waals surface area contributed by atoms with Crippen LogP contribution in [-0.2, 0) is 9.53 Å². The van der Waals surface area contributed by atoms with Gasteiger partial charge in [-0.2, -0.15) is 0 Å². The van der Waals surface area contributed by atoms with Gasteiger partial charge in [0.2, 0.25) is 5.91 Å². The van der Waals surface area contributed by atoms with Crippen LogP contribution < -0.4 is 10.1 Å². The zero-order valence-corrected chi connectivity index (χ0v) is 15.9. The van der Waals surface area contributed by atoms with Gasteiger partial charge in [0.05, 0.1) is 20.3 Å². The van der Waals surface area contributed by atoms with E-state index in [-0.39, 0.29) is 25.0 Å². The van der Waals surface area contributed by atoms with E-state index in [1.807, 2.05) is 0 Å². The summed E-state index contributed by atoms with van der Waals surface area (Å²) in [7, 11) is 1.56. The number of rotatable bonds is 4. The summed E-state index contributed by atoms with van der Waals surface area (Å²) in [6.45, 7) is 2.51. The summed E-state index contributed by atoms with van der Waals surface area (Å²) in [6, 6.07) is 6.29. The predicted molar refractivity (Wildman–Crippen MR) is 101 cm³/mol. The highest BCUT2D eigenvalue weighted by Crippen LogP contribution is 2.43. The maximum Gasteiger partial charge on any atom is 0.257 e. The number of hydrogen-bond donors (Lipinski definition) is 1. The number of nitrogens with zero attached hydrogens (tertiary/aromatic N) is 1. The second kappa shape index (κ2) is 8.01. The van der Waals surface area contributed by atoms with E-state index in [0.717, 1.165) is 25.7 Å². The summed E-state index contributed by atoms with van der Waals surface area (Å²) in [4.78, 5) is 27.7. The summed E-state index contributed by atoms with van der Waals surface area (Å²) < 4.78 is 11.4. The number of hydrogen-bond acceptors (Lipinski definition) is 4. The summed E-state index contributed by atoms with van der Waals surface area (Å²) in [6.07, 6.45) is 8.62. The first-order valence-corrected chi connectivity index (χ1v) is 9.33. The number of carbonyl (C=O) groups excluding carboxylic acids is 2. The Hall–Kier alpha value is -2.52. The van der Waals surface area contributed by atoms with Gasteiger partial charge in [0, 0.05) is 5.56 Å². The number of methoxy groups -OCH3 is 1. The third-order valence-corrected chi connectivity index (χ3v) is 5.52. The molecule has 3 rings (SSSR count). The Bertz CT molecular complexity index is 747. The van der Waals surface area contributed by atoms with Crippen molar-refractivity contribution in [3.05, 3.63) is 29.8 Å². The van der Waals surface area contributed by atoms with E-state index in [1.165, 1.54) is 0 Å². The first-order valence-electron chi connectivity index (χ1n) is 9.33. The Morgan fingerprint density at radius 1 is 1.41 bits per heavy atom. The minimum Gasteiger partial charge on any atom is -0.497 e. The van der Waals surface area contributed by atoms with Gasteiger partial charge in [0.15, 0.2) is 0 Å². The molecule has 1 saturated heterocycles. The third-order valence-electron chi connectivity index (χ3n) is 5.52. The Kier molecular flexibility index (Phi) is 5.71. The molecule has 27 heavy (non-hydrogen) atoms. The quantitative estimate of drug-likeness (QED) is 0.825. The maximum atomic E-state index is 13.4. The summed E-state index contributed by atoms with van der Waals surface area (Å²) in [5.74, 6) is 3.08. The molecule has 2 amide bonds. The average molecular weight is 370 g/mol. The highest BCUT2D eigenvalue weighted by molar-refractivity contribution is 5.98. The van der Waals surface area contributed by atoms with Crippen LogP contribution in [0.1, 0.15) is 43.0 Å². The lowest BCUT2D eigenvalue weighted by molar-refractivity contribution is -0.127. The molecule has 1 spiro atoms. The second-order valence-electron chi connectivity index (χ2n) is 7.28. The Morgan fingerprint density at radius 3 is 2.81 bits per heavy atom. The molecule has 0 bridgehead atoms. The SMILES string of the molecule is C#CCNC(=O)C1COC2(CCC(C)CC2)N1C(=O)c1cccc(OC)c1. The molecule has 2 aliphatic rings. The highest BCUT2D eigenvalue weighted by Gasteiger charge is 2.53. The molecule has 1 heterocycles. The molecular weight excluding hydrogens is 344 g/mol. The Balaban J connectivity index is 1.93. The van der Waals surface area contributed by atoms with Crippen molar-refractivity contribution in [1.82, 2.24) is 10.2 Å². The van der Waals surface area contributed by atoms with Crippen molar-refractivity contribution in [3.8, 4) is 18.1 Å². The zero-order valence-electron chi connectivity index (χ0n) is 15.9. The first-order chi connectivity index (χ1) is 13.0. The van der Waals surface area contributed by atoms with Crippen LogP contribution in [0.5, 0.6) is 5.75 Å². The summed E-state index contributed by atoms with van der Waals surface area (Å²) in [5, 5.41) is 2.69. The fourth-order valence-corrected chi connectivity index (χ4v) is 3.93. The van der Waals surface area contributed by atoms with E-state index < -0.39 is 11.8 Å². The third kappa shape index (κ3) is 3.79. The van der Waals surface area contributed by atoms with E-state index in [4.69, 9.17) is 15.9 Å². The molecule has 1 N–H and O–H groups in total. The van der Waals surface area contributed by atoms with Gasteiger partial charge in [-0.3, -0.25) is 14.5 Å². The van der Waals surface area contributed by atoms with Gasteiger partial charge in [0.1, 0.15) is 17.5 Å². The highest BCUT2D eigenvalue weighted by atomic mass is 16.5. The average Bonchev–Trinajstić information content (AvgIpc) is 3.07.